The third kappa shape index (κ3) is 16.2. The largest absolute Gasteiger partial charge is 0.453 e. The summed E-state index contributed by atoms with van der Waals surface area (Å²) in [5.74, 6) is 8.39. The van der Waals surface area contributed by atoms with E-state index in [1.807, 2.05) is 395 Å². The summed E-state index contributed by atoms with van der Waals surface area (Å²) >= 11 is 0. The Bertz CT molecular complexity index is 5880. The van der Waals surface area contributed by atoms with E-state index in [0.717, 1.165) is 45.5 Å². The number of nitrogens with one attached hydrogen (secondary N) is 2. The molecule has 602 valence electrons. The van der Waals surface area contributed by atoms with Crippen LogP contribution < -0.4 is 77.1 Å². The van der Waals surface area contributed by atoms with E-state index < -0.39 is 0 Å². The number of aromatic nitrogens is 8. The average molecular weight is 1600 g/mol. The van der Waals surface area contributed by atoms with Crippen LogP contribution in [0.15, 0.2) is 243 Å². The maximum atomic E-state index is 7.07. The van der Waals surface area contributed by atoms with Crippen molar-refractivity contribution in [3.63, 3.8) is 0 Å². The summed E-state index contributed by atoms with van der Waals surface area (Å²) in [6.07, 6.45) is 0. The molecule has 0 radical (unpaired) electrons. The highest BCUT2D eigenvalue weighted by molar-refractivity contribution is 6.08. The third-order valence-corrected chi connectivity index (χ3v) is 20.6. The number of hydrogen-bond donors (Lipinski definition) is 2. The fourth-order valence-electron chi connectivity index (χ4n) is 14.1. The van der Waals surface area contributed by atoms with Gasteiger partial charge in [-0.1, -0.05) is 48.5 Å². The van der Waals surface area contributed by atoms with Gasteiger partial charge in [-0.25, -0.2) is 29.9 Å². The quantitative estimate of drug-likeness (QED) is 0.0576. The summed E-state index contributed by atoms with van der Waals surface area (Å²) in [5, 5.41) is 2.31. The van der Waals surface area contributed by atoms with E-state index in [4.69, 9.17) is 67.8 Å². The van der Waals surface area contributed by atoms with Crippen LogP contribution in [0, 0.1) is 0 Å². The third-order valence-electron chi connectivity index (χ3n) is 20.6. The van der Waals surface area contributed by atoms with Crippen molar-refractivity contribution in [3.8, 4) is 138 Å². The Morgan fingerprint density at radius 1 is 0.183 bits per heavy atom. The molecule has 0 saturated carbocycles. The molecule has 8 bridgehead atoms. The first-order chi connectivity index (χ1) is 57.9. The molecule has 12 aromatic carbocycles. The van der Waals surface area contributed by atoms with Gasteiger partial charge in [0.05, 0.1) is 0 Å². The lowest BCUT2D eigenvalue weighted by Crippen LogP contribution is -2.08. The molecule has 17 rings (SSSR count). The minimum absolute atomic E-state index is 0.254. The van der Waals surface area contributed by atoms with Gasteiger partial charge in [0.25, 0.3) is 0 Å². The molecule has 0 unspecified atom stereocenters. The van der Waals surface area contributed by atoms with Gasteiger partial charge in [0.15, 0.2) is 69.3 Å². The van der Waals surface area contributed by atoms with E-state index in [2.05, 4.69) is 9.97 Å². The monoisotopic (exact) mass is 1590 g/mol. The minimum atomic E-state index is 0.254. The summed E-state index contributed by atoms with van der Waals surface area (Å²) in [4.78, 5) is 57.4. The fraction of sp³-hybridized carbons (Fsp3) is 0.167. The molecular weight excluding hydrogens is 1510 g/mol. The van der Waals surface area contributed by atoms with Crippen LogP contribution in [0.2, 0.25) is 0 Å². The molecule has 0 fully saturated rings. The molecule has 2 aliphatic heterocycles. The van der Waals surface area contributed by atoms with Crippen molar-refractivity contribution in [3.05, 3.63) is 243 Å². The molecule has 15 aromatic rings. The Hall–Kier alpha value is -15.2. The number of fused-ring (bicyclic) bond motifs is 20. The van der Waals surface area contributed by atoms with Crippen molar-refractivity contribution in [1.82, 2.24) is 39.9 Å². The number of rotatable bonds is 24. The van der Waals surface area contributed by atoms with Crippen molar-refractivity contribution in [2.75, 3.05) is 152 Å². The maximum absolute atomic E-state index is 7.07. The highest BCUT2D eigenvalue weighted by Gasteiger charge is 2.30. The minimum Gasteiger partial charge on any atom is -0.453 e. The lowest BCUT2D eigenvalue weighted by atomic mass is 10.1. The van der Waals surface area contributed by atoms with Crippen LogP contribution in [0.1, 0.15) is 0 Å². The molecule has 5 heterocycles. The molecule has 120 heavy (non-hydrogen) atoms. The predicted molar refractivity (Wildman–Crippen MR) is 483 cm³/mol. The normalized spacial score (nSPS) is 11.3. The van der Waals surface area contributed by atoms with Gasteiger partial charge in [-0.15, -0.1) is 0 Å². The molecule has 2 aliphatic rings. The second-order valence-corrected chi connectivity index (χ2v) is 30.9. The number of aromatic amines is 2. The smallest absolute Gasteiger partial charge is 0.170 e. The zero-order chi connectivity index (χ0) is 83.3. The lowest BCUT2D eigenvalue weighted by molar-refractivity contribution is 0.419. The van der Waals surface area contributed by atoms with Crippen LogP contribution in [0.5, 0.6) is 92.0 Å². The molecule has 3 aromatic heterocycles. The van der Waals surface area contributed by atoms with Gasteiger partial charge in [0.1, 0.15) is 68.6 Å². The standard InChI is InChI=1S/C96H90N16O8/c1-105(2)57-25-17-33-65(41-57)113-81-49-73-74(50-82(81)114-66-34-18-26-58(42-66)106(3)4)90-97-89(73)101-91-75-51-83(115-67-35-19-27-59(43-67)107(5)6)84(116-68-36-20-28-60(44-68)108(7)8)52-76(75)93(98-91)103-95-79-55-87(119-71-39-23-31-63(47-71)111(13)14)88(120-72-40-24-32-64(48-72)112(15)16)56-80(79)96(100-95)104-94-78-54-86(118-70-38-22-30-62(46-70)110(11)12)85(53-77(78)92(99-94)102-90)117-69-37-21-29-61(45-69)109(9)10/h17-56H,1-16H3,(H2,97,98,99,100,101,102,103,104). The van der Waals surface area contributed by atoms with E-state index in [1.54, 1.807) is 0 Å². The van der Waals surface area contributed by atoms with Crippen LogP contribution in [-0.4, -0.2) is 153 Å². The maximum Gasteiger partial charge on any atom is 0.170 e. The number of hydrogen-bond acceptors (Lipinski definition) is 22. The highest BCUT2D eigenvalue weighted by Crippen LogP contribution is 2.51. The molecule has 0 amide bonds. The van der Waals surface area contributed by atoms with Gasteiger partial charge < -0.3 is 87.1 Å². The van der Waals surface area contributed by atoms with Crippen LogP contribution in [-0.2, 0) is 0 Å². The summed E-state index contributed by atoms with van der Waals surface area (Å²) < 4.78 is 56.6. The second kappa shape index (κ2) is 32.1. The topological polar surface area (TPSA) is 209 Å². The zero-order valence-corrected chi connectivity index (χ0v) is 69.6. The molecule has 24 nitrogen and oxygen atoms in total. The van der Waals surface area contributed by atoms with Gasteiger partial charge in [-0.05, 0) is 146 Å². The number of anilines is 8. The SMILES string of the molecule is CN(C)c1cccc(Oc2cc3c(cc2Oc2cccc(N(C)C)c2)-c2nc-3nc3[nH]c(nc4nc(nc5[nH]c(n2)c2cc(Oc6cccc(N(C)C)c6)c(Oc6cccc(N(C)C)c6)cc52)-c2cc(Oc5cccc(N(C)C)c5)c(Oc5cccc(N(C)C)c5)cc2-4)c2cc(Oc4cccc(N(C)C)c4)c(Oc4cccc(N(C)C)c4)cc32)c1. The molecule has 0 atom stereocenters. The molecule has 0 spiro atoms. The van der Waals surface area contributed by atoms with E-state index in [-0.39, 0.29) is 23.3 Å². The Labute approximate surface area is 695 Å². The van der Waals surface area contributed by atoms with Gasteiger partial charge in [-0.3, -0.25) is 0 Å². The molecule has 0 saturated heterocycles. The van der Waals surface area contributed by atoms with E-state index in [1.165, 1.54) is 0 Å². The van der Waals surface area contributed by atoms with Crippen molar-refractivity contribution >= 4 is 89.6 Å². The first-order valence-corrected chi connectivity index (χ1v) is 39.1. The molecule has 2 N–H and O–H groups in total. The highest BCUT2D eigenvalue weighted by atomic mass is 16.5. The average Bonchev–Trinajstić information content (AvgIpc) is 1.59. The lowest BCUT2D eigenvalue weighted by Gasteiger charge is -2.18. The summed E-state index contributed by atoms with van der Waals surface area (Å²) in [5.41, 5.74) is 11.0. The van der Waals surface area contributed by atoms with Gasteiger partial charge in [0, 0.05) is 251 Å². The number of nitrogens with zero attached hydrogens (tertiary/aromatic N) is 14. The van der Waals surface area contributed by atoms with Crippen molar-refractivity contribution in [2.24, 2.45) is 0 Å². The van der Waals surface area contributed by atoms with E-state index >= 15 is 0 Å². The van der Waals surface area contributed by atoms with Gasteiger partial charge >= 0.3 is 0 Å². The van der Waals surface area contributed by atoms with Crippen LogP contribution in [0.25, 0.3) is 89.7 Å². The van der Waals surface area contributed by atoms with Gasteiger partial charge in [0.2, 0.25) is 0 Å². The van der Waals surface area contributed by atoms with E-state index in [0.29, 0.717) is 158 Å². The predicted octanol–water partition coefficient (Wildman–Crippen LogP) is 21.7. The van der Waals surface area contributed by atoms with Crippen LogP contribution >= 0.6 is 0 Å². The number of benzene rings is 12. The zero-order valence-electron chi connectivity index (χ0n) is 69.6. The summed E-state index contributed by atoms with van der Waals surface area (Å²) in [6, 6.07) is 78.2. The van der Waals surface area contributed by atoms with Crippen molar-refractivity contribution in [1.29, 1.82) is 0 Å². The fourth-order valence-corrected chi connectivity index (χ4v) is 14.1. The Kier molecular flexibility index (Phi) is 20.7. The van der Waals surface area contributed by atoms with E-state index in [9.17, 15) is 0 Å². The Morgan fingerprint density at radius 2 is 0.333 bits per heavy atom. The molecule has 0 aliphatic carbocycles. The number of H-pyrrole nitrogens is 2. The van der Waals surface area contributed by atoms with Crippen LogP contribution in [0.3, 0.4) is 0 Å². The number of ether oxygens (including phenoxy) is 8. The van der Waals surface area contributed by atoms with Crippen molar-refractivity contribution < 1.29 is 37.9 Å². The second-order valence-electron chi connectivity index (χ2n) is 30.9. The van der Waals surface area contributed by atoms with Crippen molar-refractivity contribution in [2.45, 2.75) is 0 Å². The summed E-state index contributed by atoms with van der Waals surface area (Å²) in [6.45, 7) is 0. The Balaban J connectivity index is 1.00. The Morgan fingerprint density at radius 3 is 0.483 bits per heavy atom. The van der Waals surface area contributed by atoms with Gasteiger partial charge in [-0.2, -0.15) is 0 Å². The summed E-state index contributed by atoms with van der Waals surface area (Å²) in [7, 11) is 31.8. The first kappa shape index (κ1) is 77.4. The first-order valence-electron chi connectivity index (χ1n) is 39.1. The van der Waals surface area contributed by atoms with Crippen LogP contribution in [0.4, 0.5) is 45.5 Å². The molecular formula is C96H90N16O8. The molecule has 24 heteroatoms.